The number of nitrogens with one attached hydrogen (secondary N) is 2. The second-order valence-electron chi connectivity index (χ2n) is 8.10. The molecule has 1 saturated heterocycles. The molecule has 178 valence electrons. The summed E-state index contributed by atoms with van der Waals surface area (Å²) in [7, 11) is -2.43. The molecule has 1 aliphatic rings. The van der Waals surface area contributed by atoms with E-state index in [1.807, 2.05) is 0 Å². The van der Waals surface area contributed by atoms with E-state index < -0.39 is 21.9 Å². The number of anilines is 1. The SMILES string of the molecule is COC(=O)c1c(CC(=O)Nc2cccc(S(=O)(=O)N3CCCCCC3)c2)[nH]c(C(C)=O)c1C. The van der Waals surface area contributed by atoms with E-state index in [2.05, 4.69) is 10.3 Å². The number of nitrogens with zero attached hydrogens (tertiary/aromatic N) is 1. The monoisotopic (exact) mass is 475 g/mol. The lowest BCUT2D eigenvalue weighted by atomic mass is 10.1. The molecule has 1 aromatic heterocycles. The molecule has 1 amide bonds. The van der Waals surface area contributed by atoms with Gasteiger partial charge in [0.05, 0.1) is 29.7 Å². The number of aromatic nitrogens is 1. The van der Waals surface area contributed by atoms with Gasteiger partial charge in [0.15, 0.2) is 5.78 Å². The van der Waals surface area contributed by atoms with Crippen molar-refractivity contribution in [3.05, 3.63) is 46.8 Å². The van der Waals surface area contributed by atoms with Crippen LogP contribution in [0.25, 0.3) is 0 Å². The number of carbonyl (C=O) groups excluding carboxylic acids is 3. The van der Waals surface area contributed by atoms with E-state index in [4.69, 9.17) is 4.74 Å². The van der Waals surface area contributed by atoms with Gasteiger partial charge >= 0.3 is 5.97 Å². The summed E-state index contributed by atoms with van der Waals surface area (Å²) in [6.45, 7) is 3.94. The average Bonchev–Trinajstić information content (AvgIpc) is 2.94. The summed E-state index contributed by atoms with van der Waals surface area (Å²) in [4.78, 5) is 39.7. The zero-order valence-electron chi connectivity index (χ0n) is 19.1. The molecule has 0 aliphatic carbocycles. The van der Waals surface area contributed by atoms with Gasteiger partial charge in [0.25, 0.3) is 0 Å². The van der Waals surface area contributed by atoms with Crippen molar-refractivity contribution >= 4 is 33.4 Å². The van der Waals surface area contributed by atoms with E-state index >= 15 is 0 Å². The van der Waals surface area contributed by atoms with E-state index in [1.165, 1.54) is 30.5 Å². The summed E-state index contributed by atoms with van der Waals surface area (Å²) < 4.78 is 32.4. The first kappa shape index (κ1) is 24.7. The smallest absolute Gasteiger partial charge is 0.339 e. The van der Waals surface area contributed by atoms with Gasteiger partial charge in [-0.05, 0) is 43.5 Å². The molecule has 0 spiro atoms. The zero-order chi connectivity index (χ0) is 24.2. The highest BCUT2D eigenvalue weighted by Crippen LogP contribution is 2.24. The minimum Gasteiger partial charge on any atom is -0.465 e. The third-order valence-corrected chi connectivity index (χ3v) is 7.62. The predicted molar refractivity (Wildman–Crippen MR) is 123 cm³/mol. The highest BCUT2D eigenvalue weighted by molar-refractivity contribution is 7.89. The number of sulfonamides is 1. The van der Waals surface area contributed by atoms with Gasteiger partial charge in [-0.25, -0.2) is 13.2 Å². The lowest BCUT2D eigenvalue weighted by Crippen LogP contribution is -2.32. The fourth-order valence-electron chi connectivity index (χ4n) is 4.05. The molecule has 2 aromatic rings. The third-order valence-electron chi connectivity index (χ3n) is 5.73. The van der Waals surface area contributed by atoms with Crippen molar-refractivity contribution in [2.75, 3.05) is 25.5 Å². The minimum absolute atomic E-state index is 0.118. The van der Waals surface area contributed by atoms with Crippen molar-refractivity contribution in [2.45, 2.75) is 50.8 Å². The van der Waals surface area contributed by atoms with Crippen LogP contribution in [0.2, 0.25) is 0 Å². The van der Waals surface area contributed by atoms with E-state index in [1.54, 1.807) is 19.1 Å². The van der Waals surface area contributed by atoms with E-state index in [9.17, 15) is 22.8 Å². The summed E-state index contributed by atoms with van der Waals surface area (Å²) >= 11 is 0. The van der Waals surface area contributed by atoms with Crippen LogP contribution >= 0.6 is 0 Å². The van der Waals surface area contributed by atoms with E-state index in [0.717, 1.165) is 25.7 Å². The van der Waals surface area contributed by atoms with Crippen LogP contribution in [0.1, 0.15) is 64.7 Å². The van der Waals surface area contributed by atoms with E-state index in [0.29, 0.717) is 24.3 Å². The Morgan fingerprint density at radius 3 is 2.39 bits per heavy atom. The number of ketones is 1. The van der Waals surface area contributed by atoms with Crippen LogP contribution in [0.15, 0.2) is 29.2 Å². The van der Waals surface area contributed by atoms with Crippen molar-refractivity contribution in [2.24, 2.45) is 0 Å². The number of esters is 1. The maximum absolute atomic E-state index is 13.1. The predicted octanol–water partition coefficient (Wildman–Crippen LogP) is 3.06. The number of hydrogen-bond donors (Lipinski definition) is 2. The Morgan fingerprint density at radius 1 is 1.12 bits per heavy atom. The number of carbonyl (C=O) groups is 3. The molecule has 2 heterocycles. The van der Waals surface area contributed by atoms with Crippen LogP contribution < -0.4 is 5.32 Å². The topological polar surface area (TPSA) is 126 Å². The van der Waals surface area contributed by atoms with Gasteiger partial charge in [0, 0.05) is 31.4 Å². The van der Waals surface area contributed by atoms with Gasteiger partial charge in [-0.2, -0.15) is 4.31 Å². The average molecular weight is 476 g/mol. The number of benzene rings is 1. The van der Waals surface area contributed by atoms with Crippen molar-refractivity contribution in [1.82, 2.24) is 9.29 Å². The maximum atomic E-state index is 13.1. The Balaban J connectivity index is 1.80. The van der Waals surface area contributed by atoms with E-state index in [-0.39, 0.29) is 34.1 Å². The quantitative estimate of drug-likeness (QED) is 0.468. The standard InChI is InChI=1S/C23H29N3O6S/c1-15-21(23(29)32-3)19(25-22(15)16(2)27)14-20(28)24-17-9-8-10-18(13-17)33(30,31)26-11-6-4-5-7-12-26/h8-10,13,25H,4-7,11-12,14H2,1-3H3,(H,24,28). The van der Waals surface area contributed by atoms with Crippen LogP contribution in [-0.4, -0.2) is 55.6 Å². The fourth-order valence-corrected chi connectivity index (χ4v) is 5.62. The Hall–Kier alpha value is -2.98. The van der Waals surface area contributed by atoms with Gasteiger partial charge in [-0.1, -0.05) is 18.9 Å². The molecular weight excluding hydrogens is 446 g/mol. The second kappa shape index (κ2) is 10.3. The van der Waals surface area contributed by atoms with Crippen molar-refractivity contribution in [3.63, 3.8) is 0 Å². The number of aromatic amines is 1. The number of ether oxygens (including phenoxy) is 1. The molecule has 0 bridgehead atoms. The highest BCUT2D eigenvalue weighted by atomic mass is 32.2. The zero-order valence-corrected chi connectivity index (χ0v) is 19.9. The van der Waals surface area contributed by atoms with Gasteiger partial charge in [0.1, 0.15) is 0 Å². The number of H-pyrrole nitrogens is 1. The number of Topliss-reactive ketones (excluding diaryl/α,β-unsaturated/α-hetero) is 1. The lowest BCUT2D eigenvalue weighted by Gasteiger charge is -2.20. The molecule has 0 saturated carbocycles. The first-order valence-corrected chi connectivity index (χ1v) is 12.3. The summed E-state index contributed by atoms with van der Waals surface area (Å²) in [6.07, 6.45) is 3.46. The minimum atomic E-state index is -3.66. The summed E-state index contributed by atoms with van der Waals surface area (Å²) in [6, 6.07) is 6.12. The van der Waals surface area contributed by atoms with Crippen LogP contribution in [0.3, 0.4) is 0 Å². The summed E-state index contributed by atoms with van der Waals surface area (Å²) in [5.74, 6) is -1.39. The lowest BCUT2D eigenvalue weighted by molar-refractivity contribution is -0.115. The van der Waals surface area contributed by atoms with Gasteiger partial charge in [0.2, 0.25) is 15.9 Å². The largest absolute Gasteiger partial charge is 0.465 e. The van der Waals surface area contributed by atoms with Crippen molar-refractivity contribution in [3.8, 4) is 0 Å². The molecule has 1 aliphatic heterocycles. The Labute approximate surface area is 193 Å². The second-order valence-corrected chi connectivity index (χ2v) is 10.0. The first-order valence-electron chi connectivity index (χ1n) is 10.9. The molecule has 9 nitrogen and oxygen atoms in total. The number of hydrogen-bond acceptors (Lipinski definition) is 6. The highest BCUT2D eigenvalue weighted by Gasteiger charge is 2.26. The Kier molecular flexibility index (Phi) is 7.70. The molecule has 33 heavy (non-hydrogen) atoms. The molecule has 10 heteroatoms. The fraction of sp³-hybridized carbons (Fsp3) is 0.435. The molecule has 2 N–H and O–H groups in total. The molecule has 1 fully saturated rings. The normalized spacial score (nSPS) is 15.0. The maximum Gasteiger partial charge on any atom is 0.339 e. The van der Waals surface area contributed by atoms with Crippen LogP contribution in [0, 0.1) is 6.92 Å². The molecular formula is C23H29N3O6S. The third kappa shape index (κ3) is 5.51. The Morgan fingerprint density at radius 2 is 1.79 bits per heavy atom. The number of rotatable bonds is 7. The molecule has 0 atom stereocenters. The summed E-state index contributed by atoms with van der Waals surface area (Å²) in [5.41, 5.74) is 1.39. The Bertz CT molecular complexity index is 1160. The number of methoxy groups -OCH3 is 1. The molecule has 1 aromatic carbocycles. The van der Waals surface area contributed by atoms with Crippen LogP contribution in [0.5, 0.6) is 0 Å². The van der Waals surface area contributed by atoms with Crippen molar-refractivity contribution in [1.29, 1.82) is 0 Å². The van der Waals surface area contributed by atoms with Gasteiger partial charge < -0.3 is 15.0 Å². The summed E-state index contributed by atoms with van der Waals surface area (Å²) in [5, 5.41) is 2.68. The molecule has 0 unspecified atom stereocenters. The van der Waals surface area contributed by atoms with Crippen LogP contribution in [-0.2, 0) is 26.0 Å². The van der Waals surface area contributed by atoms with Gasteiger partial charge in [-0.15, -0.1) is 0 Å². The van der Waals surface area contributed by atoms with Crippen molar-refractivity contribution < 1.29 is 27.5 Å². The van der Waals surface area contributed by atoms with Crippen LogP contribution in [0.4, 0.5) is 5.69 Å². The first-order chi connectivity index (χ1) is 15.6. The van der Waals surface area contributed by atoms with Gasteiger partial charge in [-0.3, -0.25) is 9.59 Å². The molecule has 3 rings (SSSR count). The molecule has 0 radical (unpaired) electrons. The number of amides is 1.